The van der Waals surface area contributed by atoms with Crippen molar-refractivity contribution in [2.45, 2.75) is 78.0 Å². The number of rotatable bonds is 0. The van der Waals surface area contributed by atoms with E-state index in [9.17, 15) is 5.11 Å². The monoisotopic (exact) mass is 213 g/mol. The summed E-state index contributed by atoms with van der Waals surface area (Å²) in [6, 6.07) is 0. The summed E-state index contributed by atoms with van der Waals surface area (Å²) in [5.74, 6) is 0. The Morgan fingerprint density at radius 2 is 1.27 bits per heavy atom. The lowest BCUT2D eigenvalue weighted by molar-refractivity contribution is -0.125. The van der Waals surface area contributed by atoms with E-state index < -0.39 is 5.60 Å². The molecule has 2 nitrogen and oxygen atoms in total. The van der Waals surface area contributed by atoms with E-state index in [0.29, 0.717) is 0 Å². The van der Waals surface area contributed by atoms with E-state index in [0.717, 1.165) is 12.8 Å². The third-order valence-corrected chi connectivity index (χ3v) is 3.54. The number of piperidine rings is 1. The first-order valence-electron chi connectivity index (χ1n) is 5.89. The van der Waals surface area contributed by atoms with Crippen LogP contribution in [0.1, 0.15) is 61.3 Å². The molecule has 1 saturated heterocycles. The maximum absolute atomic E-state index is 10.8. The first-order valence-corrected chi connectivity index (χ1v) is 5.89. The Bertz CT molecular complexity index is 232. The van der Waals surface area contributed by atoms with Crippen LogP contribution in [0.5, 0.6) is 0 Å². The van der Waals surface area contributed by atoms with Gasteiger partial charge in [0.25, 0.3) is 0 Å². The molecule has 0 saturated carbocycles. The van der Waals surface area contributed by atoms with Gasteiger partial charge in [0.15, 0.2) is 0 Å². The zero-order chi connectivity index (χ0) is 12.1. The smallest absolute Gasteiger partial charge is 0.0730 e. The van der Waals surface area contributed by atoms with E-state index in [1.165, 1.54) is 0 Å². The van der Waals surface area contributed by atoms with Crippen molar-refractivity contribution in [3.05, 3.63) is 0 Å². The summed E-state index contributed by atoms with van der Waals surface area (Å²) in [6.45, 7) is 15.1. The molecule has 2 N–H and O–H groups in total. The van der Waals surface area contributed by atoms with Crippen molar-refractivity contribution in [1.82, 2.24) is 5.32 Å². The molecule has 15 heavy (non-hydrogen) atoms. The van der Waals surface area contributed by atoms with Crippen LogP contribution in [0.3, 0.4) is 0 Å². The van der Waals surface area contributed by atoms with Gasteiger partial charge in [-0.25, -0.2) is 0 Å². The summed E-state index contributed by atoms with van der Waals surface area (Å²) in [6.07, 6.45) is 1.62. The summed E-state index contributed by atoms with van der Waals surface area (Å²) in [5.41, 5.74) is -0.636. The second-order valence-corrected chi connectivity index (χ2v) is 7.53. The molecule has 0 bridgehead atoms. The van der Waals surface area contributed by atoms with Crippen LogP contribution in [0.25, 0.3) is 0 Å². The van der Waals surface area contributed by atoms with Crippen molar-refractivity contribution >= 4 is 0 Å². The van der Waals surface area contributed by atoms with Crippen LogP contribution in [0.4, 0.5) is 0 Å². The minimum absolute atomic E-state index is 0.00375. The van der Waals surface area contributed by atoms with E-state index in [4.69, 9.17) is 0 Å². The summed E-state index contributed by atoms with van der Waals surface area (Å²) in [5, 5.41) is 14.4. The van der Waals surface area contributed by atoms with Crippen LogP contribution in [-0.4, -0.2) is 21.8 Å². The van der Waals surface area contributed by atoms with Gasteiger partial charge in [-0.1, -0.05) is 20.8 Å². The molecule has 0 radical (unpaired) electrons. The zero-order valence-corrected chi connectivity index (χ0v) is 11.4. The maximum Gasteiger partial charge on any atom is 0.0730 e. The van der Waals surface area contributed by atoms with E-state index in [1.807, 2.05) is 0 Å². The molecule has 1 fully saturated rings. The van der Waals surface area contributed by atoms with Gasteiger partial charge in [-0.3, -0.25) is 0 Å². The van der Waals surface area contributed by atoms with E-state index in [1.54, 1.807) is 0 Å². The van der Waals surface area contributed by atoms with Crippen molar-refractivity contribution in [1.29, 1.82) is 0 Å². The molecular weight excluding hydrogens is 186 g/mol. The fourth-order valence-corrected chi connectivity index (χ4v) is 3.06. The van der Waals surface area contributed by atoms with Gasteiger partial charge in [-0.2, -0.15) is 0 Å². The lowest BCUT2D eigenvalue weighted by atomic mass is 9.62. The third kappa shape index (κ3) is 2.73. The molecule has 0 aromatic heterocycles. The van der Waals surface area contributed by atoms with Crippen LogP contribution >= 0.6 is 0 Å². The topological polar surface area (TPSA) is 32.3 Å². The molecule has 2 heteroatoms. The second-order valence-electron chi connectivity index (χ2n) is 7.53. The Balaban J connectivity index is 3.03. The number of aliphatic hydroxyl groups is 1. The summed E-state index contributed by atoms with van der Waals surface area (Å²) >= 11 is 0. The summed E-state index contributed by atoms with van der Waals surface area (Å²) in [7, 11) is 0. The lowest BCUT2D eigenvalue weighted by Gasteiger charge is -2.55. The van der Waals surface area contributed by atoms with Crippen molar-refractivity contribution < 1.29 is 5.11 Å². The quantitative estimate of drug-likeness (QED) is 0.648. The van der Waals surface area contributed by atoms with Crippen molar-refractivity contribution in [3.8, 4) is 0 Å². The molecular formula is C13H27NO. The van der Waals surface area contributed by atoms with Crippen molar-refractivity contribution in [2.75, 3.05) is 0 Å². The second kappa shape index (κ2) is 3.21. The minimum atomic E-state index is -0.578. The predicted molar refractivity (Wildman–Crippen MR) is 64.9 cm³/mol. The fraction of sp³-hybridized carbons (Fsp3) is 1.00. The Morgan fingerprint density at radius 3 is 1.53 bits per heavy atom. The highest BCUT2D eigenvalue weighted by Crippen LogP contribution is 2.45. The Morgan fingerprint density at radius 1 is 0.933 bits per heavy atom. The lowest BCUT2D eigenvalue weighted by Crippen LogP contribution is -2.66. The summed E-state index contributed by atoms with van der Waals surface area (Å²) in [4.78, 5) is 0. The number of nitrogens with one attached hydrogen (secondary N) is 1. The first kappa shape index (κ1) is 13.0. The molecule has 0 spiro atoms. The van der Waals surface area contributed by atoms with Crippen LogP contribution in [0, 0.1) is 5.41 Å². The predicted octanol–water partition coefficient (Wildman–Crippen LogP) is 2.70. The van der Waals surface area contributed by atoms with Gasteiger partial charge in [0, 0.05) is 11.1 Å². The van der Waals surface area contributed by atoms with Crippen LogP contribution in [0.2, 0.25) is 0 Å². The highest BCUT2D eigenvalue weighted by atomic mass is 16.3. The van der Waals surface area contributed by atoms with Gasteiger partial charge >= 0.3 is 0 Å². The molecule has 1 rings (SSSR count). The molecule has 1 heterocycles. The molecule has 0 aromatic carbocycles. The summed E-state index contributed by atoms with van der Waals surface area (Å²) < 4.78 is 0. The van der Waals surface area contributed by atoms with E-state index >= 15 is 0 Å². The molecule has 0 atom stereocenters. The SMILES string of the molecule is CC1(C)CC(O)(C(C)(C)C)CC(C)(C)N1. The van der Waals surface area contributed by atoms with Gasteiger partial charge < -0.3 is 10.4 Å². The average molecular weight is 213 g/mol. The highest BCUT2D eigenvalue weighted by molar-refractivity contribution is 5.08. The van der Waals surface area contributed by atoms with Gasteiger partial charge in [-0.15, -0.1) is 0 Å². The molecule has 90 valence electrons. The van der Waals surface area contributed by atoms with E-state index in [2.05, 4.69) is 53.8 Å². The number of hydrogen-bond acceptors (Lipinski definition) is 2. The van der Waals surface area contributed by atoms with Crippen molar-refractivity contribution in [3.63, 3.8) is 0 Å². The molecule has 1 aliphatic rings. The molecule has 1 aliphatic heterocycles. The largest absolute Gasteiger partial charge is 0.389 e. The van der Waals surface area contributed by atoms with Gasteiger partial charge in [0.1, 0.15) is 0 Å². The van der Waals surface area contributed by atoms with E-state index in [-0.39, 0.29) is 16.5 Å². The minimum Gasteiger partial charge on any atom is -0.389 e. The highest BCUT2D eigenvalue weighted by Gasteiger charge is 2.51. The molecule has 0 aliphatic carbocycles. The number of hydrogen-bond donors (Lipinski definition) is 2. The zero-order valence-electron chi connectivity index (χ0n) is 11.4. The third-order valence-electron chi connectivity index (χ3n) is 3.54. The standard InChI is InChI=1S/C13H27NO/c1-10(2,3)13(15)8-11(4,5)14-12(6,7)9-13/h14-15H,8-9H2,1-7H3. The molecule has 0 unspecified atom stereocenters. The Hall–Kier alpha value is -0.0800. The van der Waals surface area contributed by atoms with Crippen LogP contribution in [0.15, 0.2) is 0 Å². The normalized spacial score (nSPS) is 28.8. The van der Waals surface area contributed by atoms with Gasteiger partial charge in [0.2, 0.25) is 0 Å². The molecule has 0 aromatic rings. The average Bonchev–Trinajstić information content (AvgIpc) is 1.72. The van der Waals surface area contributed by atoms with Crippen LogP contribution < -0.4 is 5.32 Å². The molecule has 0 amide bonds. The maximum atomic E-state index is 10.8. The van der Waals surface area contributed by atoms with Crippen LogP contribution in [-0.2, 0) is 0 Å². The van der Waals surface area contributed by atoms with Crippen molar-refractivity contribution in [2.24, 2.45) is 5.41 Å². The Kier molecular flexibility index (Phi) is 2.78. The Labute approximate surface area is 94.5 Å². The first-order chi connectivity index (χ1) is 6.37. The van der Waals surface area contributed by atoms with Gasteiger partial charge in [0.05, 0.1) is 5.60 Å². The van der Waals surface area contributed by atoms with Gasteiger partial charge in [-0.05, 0) is 46.0 Å². The fourth-order valence-electron chi connectivity index (χ4n) is 3.06.